The van der Waals surface area contributed by atoms with E-state index >= 15 is 0 Å². The van der Waals surface area contributed by atoms with Crippen LogP contribution in [0, 0.1) is 0 Å². The average molecular weight is 427 g/mol. The minimum atomic E-state index is -3.60. The summed E-state index contributed by atoms with van der Waals surface area (Å²) >= 11 is 0. The lowest BCUT2D eigenvalue weighted by Crippen LogP contribution is -2.39. The van der Waals surface area contributed by atoms with E-state index in [0.29, 0.717) is 42.9 Å². The Morgan fingerprint density at radius 1 is 1.25 bits per heavy atom. The Bertz CT molecular complexity index is 874. The number of nitrogens with one attached hydrogen (secondary N) is 1. The Kier molecular flexibility index (Phi) is 6.31. The van der Waals surface area contributed by atoms with Crippen LogP contribution in [0.4, 0.5) is 0 Å². The fourth-order valence-electron chi connectivity index (χ4n) is 4.26. The van der Waals surface area contributed by atoms with Crippen LogP contribution in [0.1, 0.15) is 37.7 Å². The molecule has 7 nitrogen and oxygen atoms in total. The van der Waals surface area contributed by atoms with E-state index in [1.807, 2.05) is 22.9 Å². The largest absolute Gasteiger partial charge is 0.358 e. The summed E-state index contributed by atoms with van der Waals surface area (Å²) < 4.78 is 28.3. The first-order valence-corrected chi connectivity index (χ1v) is 11.1. The first-order valence-electron chi connectivity index (χ1n) is 9.63. The van der Waals surface area contributed by atoms with Crippen LogP contribution in [0.2, 0.25) is 0 Å². The number of carbonyl (C=O) groups excluding carboxylic acids is 1. The van der Waals surface area contributed by atoms with Crippen LogP contribution in [0.3, 0.4) is 0 Å². The van der Waals surface area contributed by atoms with E-state index < -0.39 is 10.0 Å². The summed E-state index contributed by atoms with van der Waals surface area (Å²) in [5.74, 6) is 0.661. The van der Waals surface area contributed by atoms with Gasteiger partial charge in [0.2, 0.25) is 5.91 Å². The lowest BCUT2D eigenvalue weighted by atomic mass is 10.1. The molecule has 2 bridgehead atoms. The SMILES string of the molecule is CN(CCCC(=O)N1CCC2CCC(C1)N2)C1=NS(=O)(=O)c2ccccc21.Cl. The number of halogens is 1. The zero-order chi connectivity index (χ0) is 19.0. The maximum atomic E-state index is 12.6. The van der Waals surface area contributed by atoms with E-state index in [9.17, 15) is 13.2 Å². The lowest BCUT2D eigenvalue weighted by Gasteiger charge is -2.25. The van der Waals surface area contributed by atoms with Gasteiger partial charge in [-0.15, -0.1) is 16.8 Å². The normalized spacial score (nSPS) is 24.8. The number of rotatable bonds is 4. The fraction of sp³-hybridized carbons (Fsp3) is 0.579. The van der Waals surface area contributed by atoms with Crippen molar-refractivity contribution in [2.45, 2.75) is 49.1 Å². The van der Waals surface area contributed by atoms with Crippen LogP contribution in [-0.4, -0.2) is 68.7 Å². The van der Waals surface area contributed by atoms with Crippen molar-refractivity contribution in [3.8, 4) is 0 Å². The van der Waals surface area contributed by atoms with Crippen LogP contribution in [0.5, 0.6) is 0 Å². The smallest absolute Gasteiger partial charge is 0.285 e. The Balaban J connectivity index is 0.00000225. The van der Waals surface area contributed by atoms with Gasteiger partial charge in [-0.3, -0.25) is 4.79 Å². The fourth-order valence-corrected chi connectivity index (χ4v) is 5.52. The number of carbonyl (C=O) groups is 1. The van der Waals surface area contributed by atoms with Crippen LogP contribution in [0.15, 0.2) is 33.6 Å². The number of amidine groups is 1. The highest BCUT2D eigenvalue weighted by Gasteiger charge is 2.32. The molecule has 2 atom stereocenters. The maximum Gasteiger partial charge on any atom is 0.285 e. The first-order chi connectivity index (χ1) is 12.9. The Hall–Kier alpha value is -1.64. The highest BCUT2D eigenvalue weighted by Crippen LogP contribution is 2.27. The summed E-state index contributed by atoms with van der Waals surface area (Å²) in [4.78, 5) is 16.7. The molecule has 4 rings (SSSR count). The summed E-state index contributed by atoms with van der Waals surface area (Å²) in [5, 5.41) is 3.59. The molecule has 0 radical (unpaired) electrons. The Morgan fingerprint density at radius 2 is 2.00 bits per heavy atom. The van der Waals surface area contributed by atoms with Crippen molar-refractivity contribution in [2.75, 3.05) is 26.7 Å². The van der Waals surface area contributed by atoms with Gasteiger partial charge in [-0.1, -0.05) is 12.1 Å². The van der Waals surface area contributed by atoms with Gasteiger partial charge < -0.3 is 15.1 Å². The van der Waals surface area contributed by atoms with Crippen LogP contribution in [-0.2, 0) is 14.8 Å². The number of nitrogens with zero attached hydrogens (tertiary/aromatic N) is 3. The molecule has 28 heavy (non-hydrogen) atoms. The number of likely N-dealkylation sites (tertiary alicyclic amines) is 1. The van der Waals surface area contributed by atoms with E-state index in [0.717, 1.165) is 25.9 Å². The summed E-state index contributed by atoms with van der Waals surface area (Å²) in [6, 6.07) is 7.89. The second-order valence-electron chi connectivity index (χ2n) is 7.68. The monoisotopic (exact) mass is 426 g/mol. The van der Waals surface area contributed by atoms with Crippen molar-refractivity contribution in [3.05, 3.63) is 29.8 Å². The zero-order valence-electron chi connectivity index (χ0n) is 16.0. The molecule has 3 heterocycles. The molecule has 2 saturated heterocycles. The third-order valence-corrected chi connectivity index (χ3v) is 7.06. The molecule has 2 unspecified atom stereocenters. The van der Waals surface area contributed by atoms with Crippen molar-refractivity contribution < 1.29 is 13.2 Å². The highest BCUT2D eigenvalue weighted by atomic mass is 35.5. The summed E-state index contributed by atoms with van der Waals surface area (Å²) in [6.45, 7) is 2.23. The standard InChI is InChI=1S/C19H26N4O3S.ClH/c1-22(19-16-5-2-3-6-17(16)27(25,26)21-19)11-4-7-18(24)23-12-10-14-8-9-15(13-23)20-14;/h2-3,5-6,14-15,20H,4,7-13H2,1H3;1H. The average Bonchev–Trinajstić information content (AvgIpc) is 3.11. The minimum absolute atomic E-state index is 0. The van der Waals surface area contributed by atoms with Crippen LogP contribution in [0.25, 0.3) is 0 Å². The molecule has 2 fully saturated rings. The topological polar surface area (TPSA) is 82.1 Å². The molecule has 1 N–H and O–H groups in total. The Labute approximate surface area is 172 Å². The predicted octanol–water partition coefficient (Wildman–Crippen LogP) is 1.62. The molecule has 1 aromatic carbocycles. The summed E-state index contributed by atoms with van der Waals surface area (Å²) in [5.41, 5.74) is 0.640. The molecule has 1 aromatic rings. The number of sulfonamides is 1. The van der Waals surface area contributed by atoms with Gasteiger partial charge in [0.1, 0.15) is 10.7 Å². The van der Waals surface area contributed by atoms with Gasteiger partial charge in [0, 0.05) is 50.7 Å². The van der Waals surface area contributed by atoms with Crippen molar-refractivity contribution in [1.29, 1.82) is 0 Å². The lowest BCUT2D eigenvalue weighted by molar-refractivity contribution is -0.131. The van der Waals surface area contributed by atoms with E-state index in [1.165, 1.54) is 6.42 Å². The molecular formula is C19H27ClN4O3S. The van der Waals surface area contributed by atoms with Crippen molar-refractivity contribution in [1.82, 2.24) is 15.1 Å². The second kappa shape index (κ2) is 8.39. The molecule has 0 saturated carbocycles. The van der Waals surface area contributed by atoms with Gasteiger partial charge >= 0.3 is 0 Å². The molecule has 0 aliphatic carbocycles. The molecule has 0 aromatic heterocycles. The molecule has 3 aliphatic rings. The minimum Gasteiger partial charge on any atom is -0.358 e. The number of hydrogen-bond acceptors (Lipinski definition) is 5. The molecule has 9 heteroatoms. The first kappa shape index (κ1) is 21.1. The van der Waals surface area contributed by atoms with E-state index in [2.05, 4.69) is 9.71 Å². The molecule has 1 amide bonds. The van der Waals surface area contributed by atoms with Gasteiger partial charge in [-0.25, -0.2) is 0 Å². The summed E-state index contributed by atoms with van der Waals surface area (Å²) in [6.07, 6.45) is 4.57. The summed E-state index contributed by atoms with van der Waals surface area (Å²) in [7, 11) is -1.77. The van der Waals surface area contributed by atoms with E-state index in [1.54, 1.807) is 18.2 Å². The van der Waals surface area contributed by atoms with Crippen LogP contribution < -0.4 is 5.32 Å². The second-order valence-corrected chi connectivity index (χ2v) is 9.25. The van der Waals surface area contributed by atoms with Gasteiger partial charge in [0.25, 0.3) is 10.0 Å². The van der Waals surface area contributed by atoms with E-state index in [-0.39, 0.29) is 23.2 Å². The molecule has 3 aliphatic heterocycles. The van der Waals surface area contributed by atoms with Gasteiger partial charge in [-0.2, -0.15) is 8.42 Å². The van der Waals surface area contributed by atoms with Crippen molar-refractivity contribution in [3.63, 3.8) is 0 Å². The van der Waals surface area contributed by atoms with Crippen molar-refractivity contribution >= 4 is 34.2 Å². The number of fused-ring (bicyclic) bond motifs is 3. The molecule has 154 valence electrons. The Morgan fingerprint density at radius 3 is 2.82 bits per heavy atom. The predicted molar refractivity (Wildman–Crippen MR) is 110 cm³/mol. The van der Waals surface area contributed by atoms with Gasteiger partial charge in [-0.05, 0) is 37.8 Å². The zero-order valence-corrected chi connectivity index (χ0v) is 17.6. The number of benzene rings is 1. The highest BCUT2D eigenvalue weighted by molar-refractivity contribution is 7.90. The van der Waals surface area contributed by atoms with E-state index in [4.69, 9.17) is 0 Å². The quantitative estimate of drug-likeness (QED) is 0.791. The van der Waals surface area contributed by atoms with Crippen molar-refractivity contribution in [2.24, 2.45) is 4.40 Å². The van der Waals surface area contributed by atoms with Gasteiger partial charge in [0.15, 0.2) is 0 Å². The maximum absolute atomic E-state index is 12.6. The number of hydrogen-bond donors (Lipinski definition) is 1. The third-order valence-electron chi connectivity index (χ3n) is 5.73. The molecule has 0 spiro atoms. The van der Waals surface area contributed by atoms with Crippen LogP contribution >= 0.6 is 12.4 Å². The van der Waals surface area contributed by atoms with Gasteiger partial charge in [0.05, 0.1) is 0 Å². The third kappa shape index (κ3) is 4.18. The molecular weight excluding hydrogens is 400 g/mol. The number of amides is 1.